The molecule has 2 heterocycles. The maximum Gasteiger partial charge on any atom is 0.191 e. The molecule has 0 saturated heterocycles. The smallest absolute Gasteiger partial charge is 0.191 e. The van der Waals surface area contributed by atoms with E-state index in [2.05, 4.69) is 27.2 Å². The number of hydrogen-bond acceptors (Lipinski definition) is 5. The summed E-state index contributed by atoms with van der Waals surface area (Å²) in [4.78, 5) is 13.4. The number of unbranched alkanes of at least 4 members (excludes halogenated alkanes) is 1. The second-order valence-corrected chi connectivity index (χ2v) is 9.33. The number of nitrogens with zero attached hydrogens (tertiary/aromatic N) is 4. The predicted molar refractivity (Wildman–Crippen MR) is 130 cm³/mol. The molecule has 184 valence electrons. The molecule has 0 atom stereocenters. The molecule has 2 aromatic carbocycles. The number of nitrogens with one attached hydrogen (secondary N) is 1. The zero-order valence-electron chi connectivity index (χ0n) is 19.6. The van der Waals surface area contributed by atoms with Gasteiger partial charge in [-0.1, -0.05) is 37.2 Å². The van der Waals surface area contributed by atoms with Crippen LogP contribution in [0.5, 0.6) is 0 Å². The van der Waals surface area contributed by atoms with E-state index in [0.29, 0.717) is 33.3 Å². The number of anilines is 1. The first-order chi connectivity index (χ1) is 16.8. The molecule has 35 heavy (non-hydrogen) atoms. The van der Waals surface area contributed by atoms with Gasteiger partial charge in [0, 0.05) is 23.4 Å². The van der Waals surface area contributed by atoms with Crippen LogP contribution < -0.4 is 5.32 Å². The Morgan fingerprint density at radius 3 is 2.26 bits per heavy atom. The Balaban J connectivity index is 1.73. The summed E-state index contributed by atoms with van der Waals surface area (Å²) in [6.45, 7) is 4.93. The van der Waals surface area contributed by atoms with Gasteiger partial charge in [0.1, 0.15) is 23.3 Å². The molecule has 0 radical (unpaired) electrons. The summed E-state index contributed by atoms with van der Waals surface area (Å²) in [5, 5.41) is 3.42. The lowest BCUT2D eigenvalue weighted by atomic mass is 10.1. The van der Waals surface area contributed by atoms with E-state index in [1.165, 1.54) is 42.4 Å². The van der Waals surface area contributed by atoms with Crippen LogP contribution in [-0.4, -0.2) is 25.3 Å². The van der Waals surface area contributed by atoms with Gasteiger partial charge >= 0.3 is 0 Å². The maximum absolute atomic E-state index is 14.6. The van der Waals surface area contributed by atoms with E-state index in [1.54, 1.807) is 18.4 Å². The molecule has 0 unspecified atom stereocenters. The minimum Gasteiger partial charge on any atom is -0.364 e. The highest BCUT2D eigenvalue weighted by molar-refractivity contribution is 7.99. The van der Waals surface area contributed by atoms with Crippen LogP contribution in [0.25, 0.3) is 11.2 Å². The molecule has 0 amide bonds. The van der Waals surface area contributed by atoms with E-state index < -0.39 is 23.3 Å². The molecule has 0 fully saturated rings. The fourth-order valence-electron chi connectivity index (χ4n) is 3.61. The van der Waals surface area contributed by atoms with Crippen LogP contribution in [0.1, 0.15) is 42.0 Å². The van der Waals surface area contributed by atoms with Crippen molar-refractivity contribution in [1.29, 1.82) is 0 Å². The van der Waals surface area contributed by atoms with E-state index in [1.807, 2.05) is 0 Å². The summed E-state index contributed by atoms with van der Waals surface area (Å²) in [6, 6.07) is 5.21. The molecular weight excluding hydrogens is 478 g/mol. The van der Waals surface area contributed by atoms with Crippen molar-refractivity contribution in [1.82, 2.24) is 19.5 Å². The third kappa shape index (κ3) is 5.27. The van der Waals surface area contributed by atoms with Gasteiger partial charge in [-0.15, -0.1) is 0 Å². The van der Waals surface area contributed by atoms with E-state index in [0.717, 1.165) is 18.6 Å². The van der Waals surface area contributed by atoms with Crippen LogP contribution in [-0.2, 0) is 13.1 Å². The van der Waals surface area contributed by atoms with Crippen LogP contribution in [0, 0.1) is 37.1 Å². The number of benzene rings is 2. The van der Waals surface area contributed by atoms with Gasteiger partial charge < -0.3 is 9.88 Å². The lowest BCUT2D eigenvalue weighted by molar-refractivity contribution is 0.540. The van der Waals surface area contributed by atoms with Crippen molar-refractivity contribution in [3.63, 3.8) is 0 Å². The number of aryl methyl sites for hydroxylation is 2. The van der Waals surface area contributed by atoms with Crippen LogP contribution in [0.3, 0.4) is 0 Å². The zero-order chi connectivity index (χ0) is 25.1. The van der Waals surface area contributed by atoms with Crippen molar-refractivity contribution in [3.8, 4) is 0 Å². The van der Waals surface area contributed by atoms with Gasteiger partial charge in [-0.05, 0) is 43.5 Å². The van der Waals surface area contributed by atoms with Gasteiger partial charge in [0.2, 0.25) is 0 Å². The molecule has 0 aliphatic carbocycles. The van der Waals surface area contributed by atoms with Crippen LogP contribution in [0.4, 0.5) is 23.4 Å². The molecule has 10 heteroatoms. The molecule has 1 N–H and O–H groups in total. The molecule has 0 saturated carbocycles. The van der Waals surface area contributed by atoms with E-state index >= 15 is 0 Å². The van der Waals surface area contributed by atoms with Crippen LogP contribution in [0.15, 0.2) is 35.7 Å². The molecule has 0 bridgehead atoms. The quantitative estimate of drug-likeness (QED) is 0.121. The SMILES string of the molecule is CCCCSc1nc(NCc2c(F)ccc(C)c2F)c2ncn(Cc3c(F)ccc(C)c3F)c2n1. The molecule has 0 aliphatic rings. The van der Waals surface area contributed by atoms with Gasteiger partial charge in [-0.25, -0.2) is 32.5 Å². The van der Waals surface area contributed by atoms with Crippen molar-refractivity contribution in [2.75, 3.05) is 11.1 Å². The van der Waals surface area contributed by atoms with Gasteiger partial charge in [0.25, 0.3) is 0 Å². The highest BCUT2D eigenvalue weighted by Gasteiger charge is 2.19. The van der Waals surface area contributed by atoms with Crippen LogP contribution in [0.2, 0.25) is 0 Å². The van der Waals surface area contributed by atoms with Crippen molar-refractivity contribution < 1.29 is 17.6 Å². The molecule has 0 aliphatic heterocycles. The van der Waals surface area contributed by atoms with Gasteiger partial charge in [0.15, 0.2) is 22.1 Å². The van der Waals surface area contributed by atoms with Crippen molar-refractivity contribution in [3.05, 3.63) is 76.1 Å². The summed E-state index contributed by atoms with van der Waals surface area (Å²) >= 11 is 1.43. The van der Waals surface area contributed by atoms with Crippen molar-refractivity contribution >= 4 is 28.7 Å². The van der Waals surface area contributed by atoms with E-state index in [4.69, 9.17) is 0 Å². The molecule has 4 aromatic rings. The number of thioether (sulfide) groups is 1. The highest BCUT2D eigenvalue weighted by atomic mass is 32.2. The average molecular weight is 504 g/mol. The van der Waals surface area contributed by atoms with Gasteiger partial charge in [0.05, 0.1) is 12.9 Å². The molecule has 2 aromatic heterocycles. The molecule has 5 nitrogen and oxygen atoms in total. The summed E-state index contributed by atoms with van der Waals surface area (Å²) in [6.07, 6.45) is 3.38. The van der Waals surface area contributed by atoms with Gasteiger partial charge in [-0.2, -0.15) is 0 Å². The van der Waals surface area contributed by atoms with Crippen LogP contribution >= 0.6 is 11.8 Å². The minimum absolute atomic E-state index is 0.0958. The van der Waals surface area contributed by atoms with E-state index in [-0.39, 0.29) is 24.2 Å². The lowest BCUT2D eigenvalue weighted by Gasteiger charge is -2.12. The first-order valence-electron chi connectivity index (χ1n) is 11.3. The number of halogens is 4. The Bertz CT molecular complexity index is 1370. The predicted octanol–water partition coefficient (Wildman–Crippen LogP) is 6.55. The lowest BCUT2D eigenvalue weighted by Crippen LogP contribution is -2.09. The number of hydrogen-bond donors (Lipinski definition) is 1. The topological polar surface area (TPSA) is 55.6 Å². The normalized spacial score (nSPS) is 11.4. The Morgan fingerprint density at radius 2 is 1.57 bits per heavy atom. The molecular formula is C25H25F4N5S. The maximum atomic E-state index is 14.6. The fourth-order valence-corrected chi connectivity index (χ4v) is 4.54. The van der Waals surface area contributed by atoms with Crippen molar-refractivity contribution in [2.45, 2.75) is 51.9 Å². The first-order valence-corrected chi connectivity index (χ1v) is 12.2. The molecule has 4 rings (SSSR count). The Labute approximate surface area is 205 Å². The summed E-state index contributed by atoms with van der Waals surface area (Å²) < 4.78 is 59.4. The average Bonchev–Trinajstić information content (AvgIpc) is 3.24. The summed E-state index contributed by atoms with van der Waals surface area (Å²) in [5.41, 5.74) is 1.17. The fraction of sp³-hybridized carbons (Fsp3) is 0.320. The Morgan fingerprint density at radius 1 is 0.914 bits per heavy atom. The van der Waals surface area contributed by atoms with E-state index in [9.17, 15) is 17.6 Å². The number of aromatic nitrogens is 4. The van der Waals surface area contributed by atoms with Crippen molar-refractivity contribution in [2.24, 2.45) is 0 Å². The Hall–Kier alpha value is -3.14. The first kappa shape index (κ1) is 25.0. The second-order valence-electron chi connectivity index (χ2n) is 8.27. The summed E-state index contributed by atoms with van der Waals surface area (Å²) in [5.74, 6) is -1.51. The Kier molecular flexibility index (Phi) is 7.59. The summed E-state index contributed by atoms with van der Waals surface area (Å²) in [7, 11) is 0. The molecule has 0 spiro atoms. The third-order valence-corrected chi connectivity index (χ3v) is 6.63. The zero-order valence-corrected chi connectivity index (χ0v) is 20.4. The minimum atomic E-state index is -0.667. The third-order valence-electron chi connectivity index (χ3n) is 5.69. The monoisotopic (exact) mass is 503 g/mol. The number of imidazole rings is 1. The van der Waals surface area contributed by atoms with Gasteiger partial charge in [-0.3, -0.25) is 0 Å². The number of fused-ring (bicyclic) bond motifs is 1. The standard InChI is InChI=1S/C25H25F4N5S/c1-4-5-10-35-25-32-23(30-11-16-18(26)8-6-14(2)20(16)28)22-24(33-25)34(13-31-22)12-17-19(27)9-7-15(3)21(17)29/h6-9,13H,4-5,10-12H2,1-3H3,(H,30,32,33). The highest BCUT2D eigenvalue weighted by Crippen LogP contribution is 2.27. The number of rotatable bonds is 9. The largest absolute Gasteiger partial charge is 0.364 e. The second kappa shape index (κ2) is 10.6.